The van der Waals surface area contributed by atoms with Crippen molar-refractivity contribution in [3.8, 4) is 0 Å². The molecule has 24 heavy (non-hydrogen) atoms. The van der Waals surface area contributed by atoms with Gasteiger partial charge in [0.2, 0.25) is 0 Å². The molecule has 0 aliphatic rings. The van der Waals surface area contributed by atoms with Crippen LogP contribution in [0, 0.1) is 11.8 Å². The first-order valence-electron chi connectivity index (χ1n) is 8.69. The molecule has 0 saturated heterocycles. The van der Waals surface area contributed by atoms with Crippen molar-refractivity contribution in [1.29, 1.82) is 0 Å². The third-order valence-corrected chi connectivity index (χ3v) is 4.56. The number of carbonyl (C=O) groups excluding carboxylic acids is 2. The number of benzene rings is 1. The molecular weight excluding hydrogens is 302 g/mol. The first-order valence-corrected chi connectivity index (χ1v) is 8.69. The van der Waals surface area contributed by atoms with Gasteiger partial charge < -0.3 is 9.90 Å². The normalized spacial score (nSPS) is 13.6. The topological polar surface area (TPSA) is 70.1 Å². The molecule has 4 heteroatoms. The van der Waals surface area contributed by atoms with Gasteiger partial charge in [0.25, 0.3) is 0 Å². The number of para-hydroxylation sites is 1. The Labute approximate surface area is 142 Å². The van der Waals surface area contributed by atoms with Crippen LogP contribution < -0.4 is 5.11 Å². The maximum absolute atomic E-state index is 12.8. The van der Waals surface area contributed by atoms with Gasteiger partial charge in [0.05, 0.1) is 17.4 Å². The largest absolute Gasteiger partial charge is 0.549 e. The van der Waals surface area contributed by atoms with Gasteiger partial charge in [0.1, 0.15) is 5.69 Å². The molecule has 0 N–H and O–H groups in total. The van der Waals surface area contributed by atoms with E-state index in [0.29, 0.717) is 11.9 Å². The lowest BCUT2D eigenvalue weighted by atomic mass is 9.82. The number of carboxylic acid groups (broad SMARTS) is 1. The Kier molecular flexibility index (Phi) is 6.47. The van der Waals surface area contributed by atoms with Crippen LogP contribution in [0.1, 0.15) is 56.4 Å². The van der Waals surface area contributed by atoms with Crippen LogP contribution in [-0.4, -0.2) is 16.7 Å². The van der Waals surface area contributed by atoms with Crippen LogP contribution in [0.15, 0.2) is 36.4 Å². The van der Waals surface area contributed by atoms with Crippen LogP contribution >= 0.6 is 0 Å². The van der Waals surface area contributed by atoms with E-state index >= 15 is 0 Å². The first-order chi connectivity index (χ1) is 11.6. The molecular formula is C20H24NO3-. The van der Waals surface area contributed by atoms with Gasteiger partial charge in [-0.3, -0.25) is 4.79 Å². The number of fused-ring (bicyclic) bond motifs is 1. The summed E-state index contributed by atoms with van der Waals surface area (Å²) >= 11 is 0. The lowest BCUT2D eigenvalue weighted by Crippen LogP contribution is -2.41. The molecule has 0 aliphatic carbocycles. The zero-order chi connectivity index (χ0) is 17.5. The number of hydrogen-bond donors (Lipinski definition) is 0. The van der Waals surface area contributed by atoms with E-state index in [2.05, 4.69) is 11.9 Å². The quantitative estimate of drug-likeness (QED) is 0.402. The minimum Gasteiger partial charge on any atom is -0.549 e. The maximum atomic E-state index is 12.8. The number of aliphatic carboxylic acids is 1. The van der Waals surface area contributed by atoms with Crippen molar-refractivity contribution in [3.63, 3.8) is 0 Å². The van der Waals surface area contributed by atoms with Gasteiger partial charge in [0, 0.05) is 5.39 Å². The zero-order valence-corrected chi connectivity index (χ0v) is 14.3. The van der Waals surface area contributed by atoms with Crippen LogP contribution in [0.25, 0.3) is 10.9 Å². The van der Waals surface area contributed by atoms with E-state index in [0.717, 1.165) is 31.1 Å². The average Bonchev–Trinajstić information content (AvgIpc) is 2.59. The number of unbranched alkanes of at least 4 members (excludes halogenated alkanes) is 2. The van der Waals surface area contributed by atoms with Crippen LogP contribution in [0.4, 0.5) is 0 Å². The van der Waals surface area contributed by atoms with Crippen molar-refractivity contribution >= 4 is 22.7 Å². The van der Waals surface area contributed by atoms with Gasteiger partial charge in [-0.1, -0.05) is 63.8 Å². The highest BCUT2D eigenvalue weighted by molar-refractivity contribution is 6.07. The summed E-state index contributed by atoms with van der Waals surface area (Å²) in [5.41, 5.74) is 0.899. The Bertz CT molecular complexity index is 711. The average molecular weight is 326 g/mol. The number of aromatic nitrogens is 1. The van der Waals surface area contributed by atoms with Gasteiger partial charge >= 0.3 is 0 Å². The Morgan fingerprint density at radius 3 is 2.50 bits per heavy atom. The van der Waals surface area contributed by atoms with Crippen LogP contribution in [0.2, 0.25) is 0 Å². The molecule has 128 valence electrons. The van der Waals surface area contributed by atoms with E-state index in [9.17, 15) is 14.7 Å². The predicted molar refractivity (Wildman–Crippen MR) is 92.5 cm³/mol. The van der Waals surface area contributed by atoms with Gasteiger partial charge in [-0.2, -0.15) is 0 Å². The van der Waals surface area contributed by atoms with Crippen molar-refractivity contribution in [2.75, 3.05) is 0 Å². The minimum atomic E-state index is -1.29. The SMILES string of the molecule is CCCCCC(CC)C(C(=O)[O-])C(=O)c1ccc2ccccc2n1. The highest BCUT2D eigenvalue weighted by atomic mass is 16.4. The Morgan fingerprint density at radius 2 is 1.83 bits per heavy atom. The van der Waals surface area contributed by atoms with E-state index in [1.54, 1.807) is 12.1 Å². The lowest BCUT2D eigenvalue weighted by molar-refractivity contribution is -0.310. The van der Waals surface area contributed by atoms with Crippen molar-refractivity contribution in [3.05, 3.63) is 42.1 Å². The van der Waals surface area contributed by atoms with E-state index in [-0.39, 0.29) is 11.6 Å². The molecule has 0 saturated carbocycles. The number of carbonyl (C=O) groups is 2. The molecule has 1 aromatic heterocycles. The summed E-state index contributed by atoms with van der Waals surface area (Å²) in [5, 5.41) is 12.6. The Balaban J connectivity index is 2.27. The summed E-state index contributed by atoms with van der Waals surface area (Å²) < 4.78 is 0. The maximum Gasteiger partial charge on any atom is 0.190 e. The van der Waals surface area contributed by atoms with Gasteiger partial charge in [0.15, 0.2) is 5.78 Å². The molecule has 0 amide bonds. The van der Waals surface area contributed by atoms with E-state index in [1.165, 1.54) is 0 Å². The summed E-state index contributed by atoms with van der Waals surface area (Å²) in [6.45, 7) is 4.02. The minimum absolute atomic E-state index is 0.205. The molecule has 1 heterocycles. The van der Waals surface area contributed by atoms with E-state index in [4.69, 9.17) is 0 Å². The predicted octanol–water partition coefficient (Wildman–Crippen LogP) is 3.39. The second kappa shape index (κ2) is 8.57. The molecule has 0 spiro atoms. The third-order valence-electron chi connectivity index (χ3n) is 4.56. The molecule has 0 radical (unpaired) electrons. The molecule has 2 unspecified atom stereocenters. The van der Waals surface area contributed by atoms with Crippen LogP contribution in [0.5, 0.6) is 0 Å². The number of Topliss-reactive ketones (excluding diaryl/α,β-unsaturated/α-hetero) is 1. The second-order valence-electron chi connectivity index (χ2n) is 6.21. The van der Waals surface area contributed by atoms with Crippen molar-refractivity contribution in [2.24, 2.45) is 11.8 Å². The zero-order valence-electron chi connectivity index (χ0n) is 14.3. The van der Waals surface area contributed by atoms with Crippen molar-refractivity contribution in [2.45, 2.75) is 46.0 Å². The molecule has 0 bridgehead atoms. The number of pyridine rings is 1. The number of nitrogens with zero attached hydrogens (tertiary/aromatic N) is 1. The van der Waals surface area contributed by atoms with Crippen molar-refractivity contribution in [1.82, 2.24) is 4.98 Å². The van der Waals surface area contributed by atoms with Gasteiger partial charge in [-0.25, -0.2) is 4.98 Å². The summed E-state index contributed by atoms with van der Waals surface area (Å²) in [6, 6.07) is 10.9. The molecule has 2 rings (SSSR count). The van der Waals surface area contributed by atoms with Crippen LogP contribution in [-0.2, 0) is 4.79 Å². The first kappa shape index (κ1) is 18.1. The van der Waals surface area contributed by atoms with Crippen molar-refractivity contribution < 1.29 is 14.7 Å². The smallest absolute Gasteiger partial charge is 0.190 e. The summed E-state index contributed by atoms with van der Waals surface area (Å²) in [4.78, 5) is 28.8. The molecule has 2 aromatic rings. The lowest BCUT2D eigenvalue weighted by Gasteiger charge is -2.26. The summed E-state index contributed by atoms with van der Waals surface area (Å²) in [7, 11) is 0. The van der Waals surface area contributed by atoms with Crippen LogP contribution in [0.3, 0.4) is 0 Å². The molecule has 0 aliphatic heterocycles. The van der Waals surface area contributed by atoms with Gasteiger partial charge in [-0.05, 0) is 24.5 Å². The molecule has 1 aromatic carbocycles. The fourth-order valence-corrected chi connectivity index (χ4v) is 3.14. The Morgan fingerprint density at radius 1 is 1.08 bits per heavy atom. The summed E-state index contributed by atoms with van der Waals surface area (Å²) in [6.07, 6.45) is 4.40. The number of hydrogen-bond acceptors (Lipinski definition) is 4. The third kappa shape index (κ3) is 4.19. The van der Waals surface area contributed by atoms with Gasteiger partial charge in [-0.15, -0.1) is 0 Å². The highest BCUT2D eigenvalue weighted by Gasteiger charge is 2.29. The standard InChI is InChI=1S/C20H25NO3/c1-3-5-6-9-14(4-2)18(20(23)24)19(22)17-13-12-15-10-7-8-11-16(15)21-17/h7-8,10-14,18H,3-6,9H2,1-2H3,(H,23,24)/p-1. The Hall–Kier alpha value is -2.23. The fourth-order valence-electron chi connectivity index (χ4n) is 3.14. The number of rotatable bonds is 9. The molecule has 4 nitrogen and oxygen atoms in total. The number of carboxylic acids is 1. The fraction of sp³-hybridized carbons (Fsp3) is 0.450. The number of ketones is 1. The van der Waals surface area contributed by atoms with E-state index in [1.807, 2.05) is 31.2 Å². The molecule has 0 fully saturated rings. The summed E-state index contributed by atoms with van der Waals surface area (Å²) in [5.74, 6) is -3.06. The highest BCUT2D eigenvalue weighted by Crippen LogP contribution is 2.26. The van der Waals surface area contributed by atoms with E-state index < -0.39 is 17.7 Å². The second-order valence-corrected chi connectivity index (χ2v) is 6.21. The monoisotopic (exact) mass is 326 g/mol. The molecule has 2 atom stereocenters.